The number of hydrogen-bond donors (Lipinski definition) is 1. The molecule has 3 rings (SSSR count). The van der Waals surface area contributed by atoms with Crippen molar-refractivity contribution in [3.8, 4) is 11.5 Å². The Morgan fingerprint density at radius 3 is 2.18 bits per heavy atom. The van der Waals surface area contributed by atoms with Gasteiger partial charge in [-0.3, -0.25) is 0 Å². The summed E-state index contributed by atoms with van der Waals surface area (Å²) in [5, 5.41) is 3.51. The minimum atomic E-state index is 0.160. The van der Waals surface area contributed by atoms with Gasteiger partial charge in [-0.15, -0.1) is 0 Å². The van der Waals surface area contributed by atoms with E-state index >= 15 is 0 Å². The van der Waals surface area contributed by atoms with Gasteiger partial charge < -0.3 is 14.8 Å². The Morgan fingerprint density at radius 2 is 1.55 bits per heavy atom. The van der Waals surface area contributed by atoms with Gasteiger partial charge in [-0.25, -0.2) is 0 Å². The summed E-state index contributed by atoms with van der Waals surface area (Å²) in [6.07, 6.45) is 0. The molecule has 0 saturated carbocycles. The summed E-state index contributed by atoms with van der Waals surface area (Å²) in [7, 11) is 0. The van der Waals surface area contributed by atoms with Crippen LogP contribution in [0.2, 0.25) is 0 Å². The summed E-state index contributed by atoms with van der Waals surface area (Å²) in [6, 6.07) is 10.5. The standard InChI is InChI=1S/C19H23NO2/c1-12-8-14(19(3,4)5)9-13(2)18(12)20-15-6-7-16-17(10-15)22-11-21-16/h6-10,20H,11H2,1-5H3. The summed E-state index contributed by atoms with van der Waals surface area (Å²) in [5.41, 5.74) is 6.20. The largest absolute Gasteiger partial charge is 0.454 e. The lowest BCUT2D eigenvalue weighted by atomic mass is 9.85. The second-order valence-corrected chi connectivity index (χ2v) is 6.93. The zero-order valence-corrected chi connectivity index (χ0v) is 13.9. The van der Waals surface area contributed by atoms with Crippen LogP contribution in [-0.4, -0.2) is 6.79 Å². The average molecular weight is 297 g/mol. The minimum Gasteiger partial charge on any atom is -0.454 e. The highest BCUT2D eigenvalue weighted by molar-refractivity contribution is 5.69. The van der Waals surface area contributed by atoms with Crippen LogP contribution in [0.3, 0.4) is 0 Å². The van der Waals surface area contributed by atoms with Crippen molar-refractivity contribution < 1.29 is 9.47 Å². The van der Waals surface area contributed by atoms with Crippen LogP contribution < -0.4 is 14.8 Å². The van der Waals surface area contributed by atoms with Crippen LogP contribution in [0.15, 0.2) is 30.3 Å². The van der Waals surface area contributed by atoms with Gasteiger partial charge in [-0.1, -0.05) is 32.9 Å². The molecule has 116 valence electrons. The van der Waals surface area contributed by atoms with Crippen LogP contribution in [0.4, 0.5) is 11.4 Å². The van der Waals surface area contributed by atoms with Gasteiger partial charge in [0, 0.05) is 17.4 Å². The third kappa shape index (κ3) is 2.76. The molecule has 0 saturated heterocycles. The molecule has 1 N–H and O–H groups in total. The predicted octanol–water partition coefficient (Wildman–Crippen LogP) is 5.07. The maximum Gasteiger partial charge on any atom is 0.231 e. The molecule has 0 bridgehead atoms. The molecule has 3 nitrogen and oxygen atoms in total. The zero-order chi connectivity index (χ0) is 15.9. The van der Waals surface area contributed by atoms with E-state index in [0.29, 0.717) is 6.79 Å². The van der Waals surface area contributed by atoms with E-state index in [4.69, 9.17) is 9.47 Å². The SMILES string of the molecule is Cc1cc(C(C)(C)C)cc(C)c1Nc1ccc2c(c1)OCO2. The average Bonchev–Trinajstić information content (AvgIpc) is 2.89. The van der Waals surface area contributed by atoms with E-state index in [1.165, 1.54) is 16.7 Å². The second-order valence-electron chi connectivity index (χ2n) is 6.93. The fourth-order valence-electron chi connectivity index (χ4n) is 2.71. The van der Waals surface area contributed by atoms with Gasteiger partial charge >= 0.3 is 0 Å². The molecular weight excluding hydrogens is 274 g/mol. The molecule has 1 heterocycles. The summed E-state index contributed by atoms with van der Waals surface area (Å²) < 4.78 is 10.8. The van der Waals surface area contributed by atoms with Gasteiger partial charge in [0.2, 0.25) is 6.79 Å². The lowest BCUT2D eigenvalue weighted by Gasteiger charge is -2.23. The quantitative estimate of drug-likeness (QED) is 0.839. The Hall–Kier alpha value is -2.16. The fraction of sp³-hybridized carbons (Fsp3) is 0.368. The Kier molecular flexibility index (Phi) is 3.51. The van der Waals surface area contributed by atoms with Crippen LogP contribution in [0.5, 0.6) is 11.5 Å². The Bertz CT molecular complexity index is 691. The Morgan fingerprint density at radius 1 is 0.909 bits per heavy atom. The van der Waals surface area contributed by atoms with Crippen LogP contribution >= 0.6 is 0 Å². The highest BCUT2D eigenvalue weighted by atomic mass is 16.7. The van der Waals surface area contributed by atoms with E-state index in [1.54, 1.807) is 0 Å². The third-order valence-corrected chi connectivity index (χ3v) is 4.04. The first-order valence-corrected chi connectivity index (χ1v) is 7.63. The number of benzene rings is 2. The summed E-state index contributed by atoms with van der Waals surface area (Å²) in [4.78, 5) is 0. The molecule has 0 aromatic heterocycles. The van der Waals surface area contributed by atoms with E-state index in [-0.39, 0.29) is 5.41 Å². The molecule has 22 heavy (non-hydrogen) atoms. The van der Waals surface area contributed by atoms with E-state index in [2.05, 4.69) is 52.1 Å². The molecular formula is C19H23NO2. The van der Waals surface area contributed by atoms with Crippen molar-refractivity contribution in [3.05, 3.63) is 47.0 Å². The minimum absolute atomic E-state index is 0.160. The van der Waals surface area contributed by atoms with Crippen molar-refractivity contribution >= 4 is 11.4 Å². The second kappa shape index (κ2) is 5.24. The van der Waals surface area contributed by atoms with Gasteiger partial charge in [-0.05, 0) is 48.1 Å². The van der Waals surface area contributed by atoms with Crippen LogP contribution in [0.25, 0.3) is 0 Å². The van der Waals surface area contributed by atoms with E-state index < -0.39 is 0 Å². The van der Waals surface area contributed by atoms with Crippen molar-refractivity contribution in [2.45, 2.75) is 40.0 Å². The highest BCUT2D eigenvalue weighted by Gasteiger charge is 2.17. The van der Waals surface area contributed by atoms with Crippen molar-refractivity contribution in [1.29, 1.82) is 0 Å². The molecule has 0 amide bonds. The molecule has 0 radical (unpaired) electrons. The van der Waals surface area contributed by atoms with Gasteiger partial charge in [0.15, 0.2) is 11.5 Å². The monoisotopic (exact) mass is 297 g/mol. The molecule has 0 fully saturated rings. The van der Waals surface area contributed by atoms with Gasteiger partial charge in [-0.2, -0.15) is 0 Å². The van der Waals surface area contributed by atoms with Crippen molar-refractivity contribution in [3.63, 3.8) is 0 Å². The van der Waals surface area contributed by atoms with Gasteiger partial charge in [0.05, 0.1) is 0 Å². The number of ether oxygens (including phenoxy) is 2. The third-order valence-electron chi connectivity index (χ3n) is 4.04. The van der Waals surface area contributed by atoms with Crippen molar-refractivity contribution in [2.24, 2.45) is 0 Å². The maximum absolute atomic E-state index is 5.44. The van der Waals surface area contributed by atoms with Crippen molar-refractivity contribution in [2.75, 3.05) is 12.1 Å². The molecule has 2 aromatic rings. The first kappa shape index (κ1) is 14.8. The van der Waals surface area contributed by atoms with Crippen LogP contribution in [-0.2, 0) is 5.41 Å². The molecule has 0 atom stereocenters. The zero-order valence-electron chi connectivity index (χ0n) is 13.9. The van der Waals surface area contributed by atoms with Crippen molar-refractivity contribution in [1.82, 2.24) is 0 Å². The van der Waals surface area contributed by atoms with E-state index in [9.17, 15) is 0 Å². The number of fused-ring (bicyclic) bond motifs is 1. The molecule has 1 aliphatic heterocycles. The lowest BCUT2D eigenvalue weighted by molar-refractivity contribution is 0.174. The lowest BCUT2D eigenvalue weighted by Crippen LogP contribution is -2.12. The Balaban J connectivity index is 1.92. The number of aryl methyl sites for hydroxylation is 2. The summed E-state index contributed by atoms with van der Waals surface area (Å²) in [5.74, 6) is 1.61. The topological polar surface area (TPSA) is 30.5 Å². The fourth-order valence-corrected chi connectivity index (χ4v) is 2.71. The van der Waals surface area contributed by atoms with E-state index in [1.807, 2.05) is 18.2 Å². The smallest absolute Gasteiger partial charge is 0.231 e. The molecule has 3 heteroatoms. The summed E-state index contributed by atoms with van der Waals surface area (Å²) >= 11 is 0. The van der Waals surface area contributed by atoms with Gasteiger partial charge in [0.1, 0.15) is 0 Å². The number of anilines is 2. The van der Waals surface area contributed by atoms with Crippen LogP contribution in [0.1, 0.15) is 37.5 Å². The molecule has 0 unspecified atom stereocenters. The first-order valence-electron chi connectivity index (χ1n) is 7.63. The number of rotatable bonds is 2. The molecule has 1 aliphatic rings. The predicted molar refractivity (Wildman–Crippen MR) is 90.5 cm³/mol. The number of nitrogens with one attached hydrogen (secondary N) is 1. The molecule has 0 aliphatic carbocycles. The Labute approximate surface area is 132 Å². The normalized spacial score (nSPS) is 13.3. The first-order chi connectivity index (χ1) is 10.3. The number of hydrogen-bond acceptors (Lipinski definition) is 3. The van der Waals surface area contributed by atoms with Crippen LogP contribution in [0, 0.1) is 13.8 Å². The van der Waals surface area contributed by atoms with Gasteiger partial charge in [0.25, 0.3) is 0 Å². The maximum atomic E-state index is 5.44. The highest BCUT2D eigenvalue weighted by Crippen LogP contribution is 2.36. The molecule has 0 spiro atoms. The van der Waals surface area contributed by atoms with E-state index in [0.717, 1.165) is 22.9 Å². The summed E-state index contributed by atoms with van der Waals surface area (Å²) in [6.45, 7) is 11.3. The molecule has 2 aromatic carbocycles.